The van der Waals surface area contributed by atoms with E-state index in [1.807, 2.05) is 10.8 Å². The van der Waals surface area contributed by atoms with Crippen molar-refractivity contribution in [2.75, 3.05) is 12.3 Å². The second-order valence-corrected chi connectivity index (χ2v) is 7.75. The maximum atomic E-state index is 11.4. The quantitative estimate of drug-likeness (QED) is 0.310. The Morgan fingerprint density at radius 1 is 1.35 bits per heavy atom. The number of imide groups is 1. The number of allylic oxidation sites excluding steroid dienone is 1. The lowest BCUT2D eigenvalue weighted by Crippen LogP contribution is -2.29. The van der Waals surface area contributed by atoms with Crippen molar-refractivity contribution in [1.82, 2.24) is 4.90 Å². The summed E-state index contributed by atoms with van der Waals surface area (Å²) in [5.41, 5.74) is 0. The number of amides is 2. The predicted octanol–water partition coefficient (Wildman–Crippen LogP) is 3.12. The van der Waals surface area contributed by atoms with Gasteiger partial charge in [-0.05, 0) is 19.4 Å². The van der Waals surface area contributed by atoms with Crippen LogP contribution in [0.4, 0.5) is 0 Å². The van der Waals surface area contributed by atoms with Crippen LogP contribution in [-0.2, 0) is 9.59 Å². The zero-order chi connectivity index (χ0) is 13.3. The van der Waals surface area contributed by atoms with E-state index in [0.29, 0.717) is 13.0 Å². The van der Waals surface area contributed by atoms with Crippen LogP contribution in [0.5, 0.6) is 0 Å². The van der Waals surface area contributed by atoms with Crippen molar-refractivity contribution in [2.24, 2.45) is 0 Å². The molecule has 0 saturated carbocycles. The molecule has 0 aromatic heterocycles. The van der Waals surface area contributed by atoms with Gasteiger partial charge in [-0.3, -0.25) is 14.5 Å². The van der Waals surface area contributed by atoms with Crippen molar-refractivity contribution in [2.45, 2.75) is 38.9 Å². The summed E-state index contributed by atoms with van der Waals surface area (Å²) < 4.78 is 0.246. The van der Waals surface area contributed by atoms with Crippen molar-refractivity contribution in [1.29, 1.82) is 0 Å². The number of carbonyl (C=O) groups excluding carboxylic acids is 2. The third-order valence-electron chi connectivity index (χ3n) is 1.66. The first-order valence-corrected chi connectivity index (χ1v) is 7.92. The minimum absolute atomic E-state index is 0.240. The van der Waals surface area contributed by atoms with Crippen LogP contribution in [0.3, 0.4) is 0 Å². The molecule has 0 aliphatic heterocycles. The van der Waals surface area contributed by atoms with Gasteiger partial charge in [-0.25, -0.2) is 0 Å². The Bertz CT molecular complexity index is 272. The Balaban J connectivity index is 3.78. The maximum Gasteiger partial charge on any atom is 0.252 e. The highest BCUT2D eigenvalue weighted by molar-refractivity contribution is 8.77. The lowest BCUT2D eigenvalue weighted by molar-refractivity contribution is -0.134. The fourth-order valence-corrected chi connectivity index (χ4v) is 3.31. The first kappa shape index (κ1) is 16.6. The average Bonchev–Trinajstić information content (AvgIpc) is 2.22. The van der Waals surface area contributed by atoms with Crippen LogP contribution in [0, 0.1) is 0 Å². The summed E-state index contributed by atoms with van der Waals surface area (Å²) >= 11 is 0. The molecular weight excluding hydrogens is 254 g/mol. The van der Waals surface area contributed by atoms with Gasteiger partial charge in [-0.15, -0.1) is 0 Å². The Morgan fingerprint density at radius 2 is 2.00 bits per heavy atom. The largest absolute Gasteiger partial charge is 0.282 e. The molecule has 0 aromatic rings. The van der Waals surface area contributed by atoms with Crippen LogP contribution < -0.4 is 0 Å². The molecule has 17 heavy (non-hydrogen) atoms. The summed E-state index contributed by atoms with van der Waals surface area (Å²) in [6.45, 7) is 8.75. The molecule has 0 aliphatic carbocycles. The number of hydrogen-bond acceptors (Lipinski definition) is 4. The Labute approximate surface area is 112 Å². The van der Waals surface area contributed by atoms with Gasteiger partial charge < -0.3 is 0 Å². The molecule has 0 spiro atoms. The van der Waals surface area contributed by atoms with Crippen molar-refractivity contribution in [3.63, 3.8) is 0 Å². The van der Waals surface area contributed by atoms with Crippen molar-refractivity contribution >= 4 is 33.9 Å². The zero-order valence-electron chi connectivity index (χ0n) is 10.9. The van der Waals surface area contributed by atoms with Gasteiger partial charge in [0.25, 0.3) is 5.91 Å². The van der Waals surface area contributed by atoms with Crippen molar-refractivity contribution in [3.8, 4) is 0 Å². The molecule has 5 heteroatoms. The van der Waals surface area contributed by atoms with Crippen LogP contribution in [0.2, 0.25) is 0 Å². The summed E-state index contributed by atoms with van der Waals surface area (Å²) in [5.74, 6) is 0.700. The van der Waals surface area contributed by atoms with Crippen LogP contribution in [-0.4, -0.2) is 34.3 Å². The number of nitrogens with zero attached hydrogens (tertiary/aromatic N) is 1. The molecule has 0 unspecified atom stereocenters. The zero-order valence-corrected chi connectivity index (χ0v) is 12.6. The lowest BCUT2D eigenvalue weighted by atomic mass is 10.3. The van der Waals surface area contributed by atoms with E-state index >= 15 is 0 Å². The topological polar surface area (TPSA) is 37.4 Å². The summed E-state index contributed by atoms with van der Waals surface area (Å²) in [5, 5.41) is 0. The van der Waals surface area contributed by atoms with E-state index in [9.17, 15) is 9.59 Å². The summed E-state index contributed by atoms with van der Waals surface area (Å²) in [7, 11) is 3.60. The monoisotopic (exact) mass is 275 g/mol. The van der Waals surface area contributed by atoms with Crippen LogP contribution >= 0.6 is 21.6 Å². The molecule has 0 N–H and O–H groups in total. The molecule has 0 saturated heterocycles. The van der Waals surface area contributed by atoms with E-state index in [1.165, 1.54) is 11.0 Å². The van der Waals surface area contributed by atoms with Crippen LogP contribution in [0.15, 0.2) is 12.2 Å². The summed E-state index contributed by atoms with van der Waals surface area (Å²) in [6.07, 6.45) is 4.48. The van der Waals surface area contributed by atoms with Crippen LogP contribution in [0.1, 0.15) is 34.1 Å². The fourth-order valence-electron chi connectivity index (χ4n) is 0.965. The maximum absolute atomic E-state index is 11.4. The summed E-state index contributed by atoms with van der Waals surface area (Å²) in [4.78, 5) is 23.3. The van der Waals surface area contributed by atoms with Crippen molar-refractivity contribution in [3.05, 3.63) is 12.2 Å². The van der Waals surface area contributed by atoms with E-state index in [4.69, 9.17) is 0 Å². The lowest BCUT2D eigenvalue weighted by Gasteiger charge is -2.17. The number of rotatable bonds is 7. The third-order valence-corrected chi connectivity index (χ3v) is 5.08. The first-order chi connectivity index (χ1) is 7.90. The molecule has 0 bridgehead atoms. The van der Waals surface area contributed by atoms with E-state index in [-0.39, 0.29) is 10.7 Å². The highest BCUT2D eigenvalue weighted by Crippen LogP contribution is 2.35. The average molecular weight is 275 g/mol. The van der Waals surface area contributed by atoms with E-state index in [0.717, 1.165) is 12.2 Å². The molecule has 0 aromatic carbocycles. The highest BCUT2D eigenvalue weighted by Gasteiger charge is 2.11. The van der Waals surface area contributed by atoms with Gasteiger partial charge in [0.05, 0.1) is 0 Å². The number of carbonyl (C=O) groups is 2. The van der Waals surface area contributed by atoms with Gasteiger partial charge in [0.1, 0.15) is 0 Å². The van der Waals surface area contributed by atoms with Gasteiger partial charge in [0.15, 0.2) is 0 Å². The molecule has 0 fully saturated rings. The minimum atomic E-state index is -0.240. The Morgan fingerprint density at radius 3 is 2.47 bits per heavy atom. The third kappa shape index (κ3) is 9.30. The second kappa shape index (κ2) is 8.64. The molecule has 0 heterocycles. The van der Waals surface area contributed by atoms with Crippen molar-refractivity contribution < 1.29 is 9.59 Å². The summed E-state index contributed by atoms with van der Waals surface area (Å²) in [6, 6.07) is 0. The number of hydrogen-bond donors (Lipinski definition) is 0. The van der Waals surface area contributed by atoms with Crippen LogP contribution in [0.25, 0.3) is 0 Å². The fraction of sp³-hybridized carbons (Fsp3) is 0.667. The molecular formula is C12H21NO2S2. The Hall–Kier alpha value is -0.420. The molecule has 2 amide bonds. The molecule has 0 radical (unpaired) electrons. The SMILES string of the molecule is C/C=C\C(=O)N(C=O)CCCSSC(C)(C)C. The van der Waals surface area contributed by atoms with Gasteiger partial charge in [-0.1, -0.05) is 48.4 Å². The molecule has 0 atom stereocenters. The molecule has 3 nitrogen and oxygen atoms in total. The predicted molar refractivity (Wildman–Crippen MR) is 77.0 cm³/mol. The minimum Gasteiger partial charge on any atom is -0.282 e. The standard InChI is InChI=1S/C12H21NO2S2/c1-5-7-11(15)13(10-14)8-6-9-16-17-12(2,3)4/h5,7,10H,6,8-9H2,1-4H3/b7-5-. The second-order valence-electron chi connectivity index (χ2n) is 4.51. The molecule has 98 valence electrons. The Kier molecular flexibility index (Phi) is 8.43. The first-order valence-electron chi connectivity index (χ1n) is 5.60. The normalized spacial score (nSPS) is 11.8. The smallest absolute Gasteiger partial charge is 0.252 e. The van der Waals surface area contributed by atoms with Gasteiger partial charge in [0, 0.05) is 17.0 Å². The molecule has 0 rings (SSSR count). The van der Waals surface area contributed by atoms with E-state index < -0.39 is 0 Å². The van der Waals surface area contributed by atoms with E-state index in [2.05, 4.69) is 20.8 Å². The van der Waals surface area contributed by atoms with Gasteiger partial charge in [-0.2, -0.15) is 0 Å². The highest BCUT2D eigenvalue weighted by atomic mass is 33.1. The molecule has 0 aliphatic rings. The van der Waals surface area contributed by atoms with Gasteiger partial charge in [0.2, 0.25) is 6.41 Å². The van der Waals surface area contributed by atoms with Gasteiger partial charge >= 0.3 is 0 Å². The van der Waals surface area contributed by atoms with E-state index in [1.54, 1.807) is 23.8 Å².